The summed E-state index contributed by atoms with van der Waals surface area (Å²) in [6.45, 7) is 6.93. The zero-order chi connectivity index (χ0) is 14.5. The van der Waals surface area contributed by atoms with Gasteiger partial charge in [0, 0.05) is 19.3 Å². The first-order valence-electron chi connectivity index (χ1n) is 6.66. The summed E-state index contributed by atoms with van der Waals surface area (Å²) in [5.41, 5.74) is 2.36. The van der Waals surface area contributed by atoms with E-state index in [1.165, 1.54) is 0 Å². The minimum absolute atomic E-state index is 0.134. The number of nitrogens with one attached hydrogen (secondary N) is 2. The minimum atomic E-state index is -0.134. The minimum Gasteiger partial charge on any atom is -0.366 e. The number of halogens is 1. The highest BCUT2D eigenvalue weighted by Gasteiger charge is 2.04. The molecule has 4 nitrogen and oxygen atoms in total. The molecule has 1 aromatic heterocycles. The summed E-state index contributed by atoms with van der Waals surface area (Å²) in [5, 5.41) is 6.28. The SMILES string of the molecule is CCNc1nccc(NCc2cc(C)c(F)c(C)c2)n1. The molecule has 5 heteroatoms. The second-order valence-corrected chi connectivity index (χ2v) is 4.69. The average Bonchev–Trinajstić information content (AvgIpc) is 2.43. The van der Waals surface area contributed by atoms with E-state index in [1.54, 1.807) is 20.0 Å². The summed E-state index contributed by atoms with van der Waals surface area (Å²) in [5.74, 6) is 1.21. The van der Waals surface area contributed by atoms with Gasteiger partial charge < -0.3 is 10.6 Å². The highest BCUT2D eigenvalue weighted by Crippen LogP contribution is 2.16. The summed E-state index contributed by atoms with van der Waals surface area (Å²) in [6.07, 6.45) is 1.70. The van der Waals surface area contributed by atoms with Gasteiger partial charge in [-0.15, -0.1) is 0 Å². The van der Waals surface area contributed by atoms with Crippen LogP contribution in [0.2, 0.25) is 0 Å². The first kappa shape index (κ1) is 14.2. The topological polar surface area (TPSA) is 49.8 Å². The molecule has 2 N–H and O–H groups in total. The van der Waals surface area contributed by atoms with Crippen molar-refractivity contribution in [1.29, 1.82) is 0 Å². The van der Waals surface area contributed by atoms with Gasteiger partial charge in [-0.2, -0.15) is 4.98 Å². The van der Waals surface area contributed by atoms with Gasteiger partial charge in [0.2, 0.25) is 5.95 Å². The van der Waals surface area contributed by atoms with Gasteiger partial charge in [0.05, 0.1) is 0 Å². The molecular weight excluding hydrogens is 255 g/mol. The Kier molecular flexibility index (Phi) is 4.50. The third-order valence-corrected chi connectivity index (χ3v) is 2.96. The number of hydrogen-bond donors (Lipinski definition) is 2. The molecule has 0 saturated heterocycles. The Labute approximate surface area is 118 Å². The van der Waals surface area contributed by atoms with E-state index in [2.05, 4.69) is 20.6 Å². The first-order chi connectivity index (χ1) is 9.60. The lowest BCUT2D eigenvalue weighted by atomic mass is 10.1. The number of anilines is 2. The van der Waals surface area contributed by atoms with Gasteiger partial charge in [-0.25, -0.2) is 9.37 Å². The molecule has 0 spiro atoms. The van der Waals surface area contributed by atoms with Crippen LogP contribution in [0.5, 0.6) is 0 Å². The predicted molar refractivity (Wildman–Crippen MR) is 79.4 cm³/mol. The summed E-state index contributed by atoms with van der Waals surface area (Å²) < 4.78 is 13.6. The number of benzene rings is 1. The van der Waals surface area contributed by atoms with Gasteiger partial charge in [0.25, 0.3) is 0 Å². The van der Waals surface area contributed by atoms with Crippen LogP contribution >= 0.6 is 0 Å². The Hall–Kier alpha value is -2.17. The Morgan fingerprint density at radius 1 is 1.15 bits per heavy atom. The van der Waals surface area contributed by atoms with Crippen molar-refractivity contribution < 1.29 is 4.39 Å². The van der Waals surface area contributed by atoms with Gasteiger partial charge in [0.1, 0.15) is 11.6 Å². The quantitative estimate of drug-likeness (QED) is 0.878. The van der Waals surface area contributed by atoms with Crippen molar-refractivity contribution in [3.05, 3.63) is 46.9 Å². The molecule has 0 radical (unpaired) electrons. The van der Waals surface area contributed by atoms with Crippen LogP contribution in [0.15, 0.2) is 24.4 Å². The second-order valence-electron chi connectivity index (χ2n) is 4.69. The Bertz CT molecular complexity index is 575. The normalized spacial score (nSPS) is 10.4. The standard InChI is InChI=1S/C15H19FN4/c1-4-17-15-18-6-5-13(20-15)19-9-12-7-10(2)14(16)11(3)8-12/h5-8H,4,9H2,1-3H3,(H2,17,18,19,20). The molecule has 20 heavy (non-hydrogen) atoms. The predicted octanol–water partition coefficient (Wildman–Crippen LogP) is 3.28. The van der Waals surface area contributed by atoms with E-state index in [0.717, 1.165) is 17.9 Å². The molecule has 106 valence electrons. The van der Waals surface area contributed by atoms with Crippen LogP contribution in [0.25, 0.3) is 0 Å². The molecule has 1 heterocycles. The summed E-state index contributed by atoms with van der Waals surface area (Å²) in [6, 6.07) is 5.51. The lowest BCUT2D eigenvalue weighted by Crippen LogP contribution is -2.06. The highest BCUT2D eigenvalue weighted by atomic mass is 19.1. The van der Waals surface area contributed by atoms with Crippen LogP contribution in [0.1, 0.15) is 23.6 Å². The van der Waals surface area contributed by atoms with Crippen molar-refractivity contribution >= 4 is 11.8 Å². The first-order valence-corrected chi connectivity index (χ1v) is 6.66. The largest absolute Gasteiger partial charge is 0.366 e. The molecule has 0 atom stereocenters. The number of rotatable bonds is 5. The van der Waals surface area contributed by atoms with E-state index in [1.807, 2.05) is 25.1 Å². The van der Waals surface area contributed by atoms with Gasteiger partial charge >= 0.3 is 0 Å². The molecule has 2 rings (SSSR count). The fourth-order valence-corrected chi connectivity index (χ4v) is 2.03. The third kappa shape index (κ3) is 3.44. The molecule has 0 bridgehead atoms. The van der Waals surface area contributed by atoms with Crippen LogP contribution in [-0.2, 0) is 6.54 Å². The van der Waals surface area contributed by atoms with Crippen LogP contribution in [0.4, 0.5) is 16.2 Å². The van der Waals surface area contributed by atoms with Crippen molar-refractivity contribution in [2.45, 2.75) is 27.3 Å². The molecule has 0 unspecified atom stereocenters. The number of nitrogens with zero attached hydrogens (tertiary/aromatic N) is 2. The molecular formula is C15H19FN4. The zero-order valence-electron chi connectivity index (χ0n) is 12.0. The van der Waals surface area contributed by atoms with E-state index in [4.69, 9.17) is 0 Å². The molecule has 0 aliphatic heterocycles. The monoisotopic (exact) mass is 274 g/mol. The zero-order valence-corrected chi connectivity index (χ0v) is 12.0. The van der Waals surface area contributed by atoms with E-state index in [9.17, 15) is 4.39 Å². The number of aryl methyl sites for hydroxylation is 2. The van der Waals surface area contributed by atoms with Crippen molar-refractivity contribution in [2.24, 2.45) is 0 Å². The van der Waals surface area contributed by atoms with Crippen molar-refractivity contribution in [1.82, 2.24) is 9.97 Å². The van der Waals surface area contributed by atoms with Crippen LogP contribution in [-0.4, -0.2) is 16.5 Å². The molecule has 0 fully saturated rings. The molecule has 2 aromatic rings. The van der Waals surface area contributed by atoms with E-state index < -0.39 is 0 Å². The van der Waals surface area contributed by atoms with Crippen molar-refractivity contribution in [3.63, 3.8) is 0 Å². The lowest BCUT2D eigenvalue weighted by Gasteiger charge is -2.09. The number of hydrogen-bond acceptors (Lipinski definition) is 4. The van der Waals surface area contributed by atoms with E-state index >= 15 is 0 Å². The van der Waals surface area contributed by atoms with Crippen LogP contribution < -0.4 is 10.6 Å². The molecule has 0 saturated carbocycles. The van der Waals surface area contributed by atoms with E-state index in [0.29, 0.717) is 23.6 Å². The summed E-state index contributed by atoms with van der Waals surface area (Å²) in [7, 11) is 0. The average molecular weight is 274 g/mol. The van der Waals surface area contributed by atoms with Crippen LogP contribution in [0, 0.1) is 19.7 Å². The fourth-order valence-electron chi connectivity index (χ4n) is 2.03. The third-order valence-electron chi connectivity index (χ3n) is 2.96. The van der Waals surface area contributed by atoms with Gasteiger partial charge in [-0.05, 0) is 43.5 Å². The highest BCUT2D eigenvalue weighted by molar-refractivity contribution is 5.41. The molecule has 0 amide bonds. The lowest BCUT2D eigenvalue weighted by molar-refractivity contribution is 0.608. The second kappa shape index (κ2) is 6.32. The summed E-state index contributed by atoms with van der Waals surface area (Å²) >= 11 is 0. The van der Waals surface area contributed by atoms with Crippen molar-refractivity contribution in [2.75, 3.05) is 17.2 Å². The van der Waals surface area contributed by atoms with Gasteiger partial charge in [-0.3, -0.25) is 0 Å². The van der Waals surface area contributed by atoms with Crippen LogP contribution in [0.3, 0.4) is 0 Å². The maximum Gasteiger partial charge on any atom is 0.224 e. The van der Waals surface area contributed by atoms with Gasteiger partial charge in [-0.1, -0.05) is 12.1 Å². The maximum absolute atomic E-state index is 13.6. The van der Waals surface area contributed by atoms with Crippen molar-refractivity contribution in [3.8, 4) is 0 Å². The molecule has 0 aliphatic carbocycles. The smallest absolute Gasteiger partial charge is 0.224 e. The molecule has 1 aromatic carbocycles. The Morgan fingerprint density at radius 2 is 1.85 bits per heavy atom. The number of aromatic nitrogens is 2. The summed E-state index contributed by atoms with van der Waals surface area (Å²) in [4.78, 5) is 8.44. The Morgan fingerprint density at radius 3 is 2.50 bits per heavy atom. The maximum atomic E-state index is 13.6. The van der Waals surface area contributed by atoms with E-state index in [-0.39, 0.29) is 5.82 Å². The molecule has 0 aliphatic rings. The van der Waals surface area contributed by atoms with Gasteiger partial charge in [0.15, 0.2) is 0 Å². The fraction of sp³-hybridized carbons (Fsp3) is 0.333. The Balaban J connectivity index is 2.07.